The molecule has 1 saturated carbocycles. The maximum atomic E-state index is 10.2. The number of ether oxygens (including phenoxy) is 1. The van der Waals surface area contributed by atoms with Crippen LogP contribution in [0.1, 0.15) is 32.6 Å². The summed E-state index contributed by atoms with van der Waals surface area (Å²) in [4.78, 5) is 5.19. The lowest BCUT2D eigenvalue weighted by atomic mass is 9.80. The smallest absolute Gasteiger partial charge is 0.0594 e. The van der Waals surface area contributed by atoms with E-state index in [1.165, 1.54) is 32.4 Å². The molecule has 2 aliphatic heterocycles. The molecule has 0 bridgehead atoms. The Balaban J connectivity index is 1.47. The minimum atomic E-state index is -0.0614. The fourth-order valence-corrected chi connectivity index (χ4v) is 4.23. The van der Waals surface area contributed by atoms with Gasteiger partial charge < -0.3 is 14.7 Å². The van der Waals surface area contributed by atoms with Gasteiger partial charge in [-0.05, 0) is 44.1 Å². The van der Waals surface area contributed by atoms with Gasteiger partial charge in [-0.1, -0.05) is 6.92 Å². The third-order valence-corrected chi connectivity index (χ3v) is 5.51. The molecule has 3 fully saturated rings. The molecule has 1 aliphatic carbocycles. The molecule has 116 valence electrons. The van der Waals surface area contributed by atoms with Crippen LogP contribution < -0.4 is 0 Å². The Hall–Kier alpha value is -0.160. The van der Waals surface area contributed by atoms with Gasteiger partial charge in [0.2, 0.25) is 0 Å². The van der Waals surface area contributed by atoms with Crippen LogP contribution in [0.3, 0.4) is 0 Å². The Morgan fingerprint density at radius 2 is 1.90 bits per heavy atom. The zero-order valence-electron chi connectivity index (χ0n) is 12.8. The van der Waals surface area contributed by atoms with Crippen molar-refractivity contribution in [3.8, 4) is 0 Å². The van der Waals surface area contributed by atoms with E-state index in [1.807, 2.05) is 0 Å². The number of hydrogen-bond donors (Lipinski definition) is 1. The van der Waals surface area contributed by atoms with Gasteiger partial charge in [0.1, 0.15) is 0 Å². The van der Waals surface area contributed by atoms with E-state index in [2.05, 4.69) is 16.7 Å². The average molecular weight is 282 g/mol. The SMILES string of the molecule is CC1CCC(O)C(CN2CCC(N3CCOCC3)C2)C1. The standard InChI is InChI=1S/C16H30N2O2/c1-13-2-3-16(19)14(10-13)11-17-5-4-15(12-17)18-6-8-20-9-7-18/h13-16,19H,2-12H2,1H3. The Morgan fingerprint density at radius 3 is 2.70 bits per heavy atom. The van der Waals surface area contributed by atoms with Crippen LogP contribution >= 0.6 is 0 Å². The van der Waals surface area contributed by atoms with Gasteiger partial charge >= 0.3 is 0 Å². The average Bonchev–Trinajstić information content (AvgIpc) is 2.92. The molecule has 3 rings (SSSR count). The van der Waals surface area contributed by atoms with Crippen molar-refractivity contribution in [3.05, 3.63) is 0 Å². The summed E-state index contributed by atoms with van der Waals surface area (Å²) in [6.07, 6.45) is 4.65. The molecule has 1 N–H and O–H groups in total. The Bertz CT molecular complexity index is 307. The summed E-state index contributed by atoms with van der Waals surface area (Å²) in [5.74, 6) is 1.29. The van der Waals surface area contributed by atoms with Gasteiger partial charge in [-0.3, -0.25) is 4.90 Å². The second-order valence-corrected chi connectivity index (χ2v) is 7.10. The number of rotatable bonds is 3. The molecule has 3 aliphatic rings. The van der Waals surface area contributed by atoms with E-state index in [9.17, 15) is 5.11 Å². The van der Waals surface area contributed by atoms with Crippen molar-refractivity contribution in [1.82, 2.24) is 9.80 Å². The van der Waals surface area contributed by atoms with Gasteiger partial charge in [-0.2, -0.15) is 0 Å². The van der Waals surface area contributed by atoms with Crippen LogP contribution in [0, 0.1) is 11.8 Å². The maximum absolute atomic E-state index is 10.2. The van der Waals surface area contributed by atoms with Crippen molar-refractivity contribution in [2.75, 3.05) is 45.9 Å². The van der Waals surface area contributed by atoms with E-state index >= 15 is 0 Å². The van der Waals surface area contributed by atoms with E-state index in [1.54, 1.807) is 0 Å². The lowest BCUT2D eigenvalue weighted by Crippen LogP contribution is -2.45. The summed E-state index contributed by atoms with van der Waals surface area (Å²) in [5, 5.41) is 10.2. The topological polar surface area (TPSA) is 35.9 Å². The molecular weight excluding hydrogens is 252 g/mol. The number of aliphatic hydroxyl groups excluding tert-OH is 1. The molecule has 2 heterocycles. The van der Waals surface area contributed by atoms with E-state index in [0.717, 1.165) is 51.2 Å². The zero-order valence-corrected chi connectivity index (χ0v) is 12.8. The molecule has 20 heavy (non-hydrogen) atoms. The van der Waals surface area contributed by atoms with Crippen LogP contribution in [0.2, 0.25) is 0 Å². The van der Waals surface area contributed by atoms with Crippen molar-refractivity contribution >= 4 is 0 Å². The predicted octanol–water partition coefficient (Wildman–Crippen LogP) is 1.19. The van der Waals surface area contributed by atoms with Crippen LogP contribution in [0.4, 0.5) is 0 Å². The van der Waals surface area contributed by atoms with Crippen LogP contribution in [0.15, 0.2) is 0 Å². The minimum absolute atomic E-state index is 0.0614. The van der Waals surface area contributed by atoms with Crippen LogP contribution in [-0.4, -0.2) is 73.0 Å². The van der Waals surface area contributed by atoms with E-state index < -0.39 is 0 Å². The fourth-order valence-electron chi connectivity index (χ4n) is 4.23. The van der Waals surface area contributed by atoms with Gasteiger partial charge in [0.25, 0.3) is 0 Å². The second kappa shape index (κ2) is 6.73. The molecule has 0 amide bonds. The quantitative estimate of drug-likeness (QED) is 0.843. The first kappa shape index (κ1) is 14.8. The second-order valence-electron chi connectivity index (χ2n) is 7.10. The van der Waals surface area contributed by atoms with E-state index in [4.69, 9.17) is 4.74 Å². The number of aliphatic hydroxyl groups is 1. The summed E-state index contributed by atoms with van der Waals surface area (Å²) in [7, 11) is 0. The molecule has 0 aromatic rings. The number of hydrogen-bond acceptors (Lipinski definition) is 4. The summed E-state index contributed by atoms with van der Waals surface area (Å²) in [5.41, 5.74) is 0. The molecule has 4 heteroatoms. The zero-order chi connectivity index (χ0) is 13.9. The number of nitrogens with zero attached hydrogens (tertiary/aromatic N) is 2. The molecule has 4 unspecified atom stereocenters. The van der Waals surface area contributed by atoms with Crippen molar-refractivity contribution in [2.45, 2.75) is 44.8 Å². The third kappa shape index (κ3) is 3.53. The number of likely N-dealkylation sites (tertiary alicyclic amines) is 1. The summed E-state index contributed by atoms with van der Waals surface area (Å²) >= 11 is 0. The first-order valence-electron chi connectivity index (χ1n) is 8.44. The molecule has 0 spiro atoms. The van der Waals surface area contributed by atoms with Gasteiger partial charge in [-0.15, -0.1) is 0 Å². The first-order chi connectivity index (χ1) is 9.72. The summed E-state index contributed by atoms with van der Waals surface area (Å²) < 4.78 is 5.45. The summed E-state index contributed by atoms with van der Waals surface area (Å²) in [6, 6.07) is 0.719. The van der Waals surface area contributed by atoms with Crippen LogP contribution in [0.5, 0.6) is 0 Å². The first-order valence-corrected chi connectivity index (χ1v) is 8.44. The highest BCUT2D eigenvalue weighted by Crippen LogP contribution is 2.30. The van der Waals surface area contributed by atoms with Gasteiger partial charge in [0.15, 0.2) is 0 Å². The van der Waals surface area contributed by atoms with Crippen molar-refractivity contribution in [3.63, 3.8) is 0 Å². The third-order valence-electron chi connectivity index (χ3n) is 5.51. The summed E-state index contributed by atoms with van der Waals surface area (Å²) in [6.45, 7) is 9.83. The van der Waals surface area contributed by atoms with Crippen molar-refractivity contribution < 1.29 is 9.84 Å². The normalized spacial score (nSPS) is 41.1. The van der Waals surface area contributed by atoms with E-state index in [-0.39, 0.29) is 6.10 Å². The Labute approximate surface area is 123 Å². The largest absolute Gasteiger partial charge is 0.393 e. The van der Waals surface area contributed by atoms with E-state index in [0.29, 0.717) is 5.92 Å². The fraction of sp³-hybridized carbons (Fsp3) is 1.00. The van der Waals surface area contributed by atoms with Gasteiger partial charge in [0.05, 0.1) is 19.3 Å². The van der Waals surface area contributed by atoms with Crippen molar-refractivity contribution in [2.24, 2.45) is 11.8 Å². The molecule has 4 atom stereocenters. The minimum Gasteiger partial charge on any atom is -0.393 e. The Kier molecular flexibility index (Phi) is 4.97. The van der Waals surface area contributed by atoms with Crippen LogP contribution in [0.25, 0.3) is 0 Å². The lowest BCUT2D eigenvalue weighted by Gasteiger charge is -2.35. The van der Waals surface area contributed by atoms with Crippen LogP contribution in [-0.2, 0) is 4.74 Å². The predicted molar refractivity (Wildman–Crippen MR) is 79.7 cm³/mol. The lowest BCUT2D eigenvalue weighted by molar-refractivity contribution is 0.0142. The highest BCUT2D eigenvalue weighted by Gasteiger charge is 2.33. The monoisotopic (exact) mass is 282 g/mol. The highest BCUT2D eigenvalue weighted by molar-refractivity contribution is 4.88. The molecule has 0 aromatic heterocycles. The van der Waals surface area contributed by atoms with Crippen molar-refractivity contribution in [1.29, 1.82) is 0 Å². The maximum Gasteiger partial charge on any atom is 0.0594 e. The van der Waals surface area contributed by atoms with Gasteiger partial charge in [-0.25, -0.2) is 0 Å². The van der Waals surface area contributed by atoms with Gasteiger partial charge in [0, 0.05) is 32.2 Å². The molecule has 0 aromatic carbocycles. The molecular formula is C16H30N2O2. The molecule has 4 nitrogen and oxygen atoms in total. The molecule has 2 saturated heterocycles. The Morgan fingerprint density at radius 1 is 1.10 bits per heavy atom. The molecule has 0 radical (unpaired) electrons. The number of morpholine rings is 1. The highest BCUT2D eigenvalue weighted by atomic mass is 16.5.